The second-order valence-corrected chi connectivity index (χ2v) is 4.13. The molecular weight excluding hydrogens is 257 g/mol. The third-order valence-corrected chi connectivity index (χ3v) is 2.81. The Balaban J connectivity index is 2.10. The maximum absolute atomic E-state index is 13.8. The van der Waals surface area contributed by atoms with Gasteiger partial charge in [-0.3, -0.25) is 0 Å². The first kappa shape index (κ1) is 12.9. The van der Waals surface area contributed by atoms with Gasteiger partial charge in [0.2, 0.25) is 0 Å². The van der Waals surface area contributed by atoms with Crippen molar-refractivity contribution in [2.45, 2.75) is 6.10 Å². The number of aromatic nitrogens is 2. The quantitative estimate of drug-likeness (QED) is 0.817. The summed E-state index contributed by atoms with van der Waals surface area (Å²) in [5.74, 6) is -0.221. The number of halogens is 2. The van der Waals surface area contributed by atoms with E-state index < -0.39 is 6.10 Å². The number of nitrogens with one attached hydrogen (secondary N) is 1. The van der Waals surface area contributed by atoms with E-state index in [-0.39, 0.29) is 18.2 Å². The zero-order valence-electron chi connectivity index (χ0n) is 9.55. The van der Waals surface area contributed by atoms with Gasteiger partial charge in [-0.15, -0.1) is 11.6 Å². The van der Waals surface area contributed by atoms with E-state index in [0.717, 1.165) is 0 Å². The van der Waals surface area contributed by atoms with E-state index >= 15 is 0 Å². The molecule has 1 aromatic heterocycles. The number of nitrogens with zero attached hydrogens (tertiary/aromatic N) is 2. The van der Waals surface area contributed by atoms with E-state index in [1.165, 1.54) is 12.4 Å². The van der Waals surface area contributed by atoms with Gasteiger partial charge in [0.25, 0.3) is 0 Å². The van der Waals surface area contributed by atoms with Gasteiger partial charge in [0.1, 0.15) is 5.82 Å². The van der Waals surface area contributed by atoms with Crippen LogP contribution < -0.4 is 5.32 Å². The van der Waals surface area contributed by atoms with Crippen molar-refractivity contribution in [3.8, 4) is 5.69 Å². The van der Waals surface area contributed by atoms with Gasteiger partial charge in [-0.1, -0.05) is 0 Å². The van der Waals surface area contributed by atoms with Gasteiger partial charge in [0.05, 0.1) is 24.0 Å². The van der Waals surface area contributed by atoms with Crippen LogP contribution in [0.2, 0.25) is 0 Å². The highest BCUT2D eigenvalue weighted by atomic mass is 35.5. The van der Waals surface area contributed by atoms with Crippen LogP contribution in [0.15, 0.2) is 36.9 Å². The van der Waals surface area contributed by atoms with E-state index in [2.05, 4.69) is 10.3 Å². The van der Waals surface area contributed by atoms with Crippen molar-refractivity contribution < 1.29 is 9.50 Å². The lowest BCUT2D eigenvalue weighted by atomic mass is 10.2. The lowest BCUT2D eigenvalue weighted by Crippen LogP contribution is -2.20. The summed E-state index contributed by atoms with van der Waals surface area (Å²) < 4.78 is 15.4. The number of rotatable bonds is 5. The second-order valence-electron chi connectivity index (χ2n) is 3.83. The number of imidazole rings is 1. The van der Waals surface area contributed by atoms with Crippen LogP contribution in [-0.4, -0.2) is 33.2 Å². The van der Waals surface area contributed by atoms with Gasteiger partial charge in [-0.05, 0) is 18.2 Å². The van der Waals surface area contributed by atoms with Gasteiger partial charge >= 0.3 is 0 Å². The Hall–Kier alpha value is -1.59. The van der Waals surface area contributed by atoms with Crippen LogP contribution in [0.25, 0.3) is 5.69 Å². The van der Waals surface area contributed by atoms with Gasteiger partial charge in [-0.25, -0.2) is 9.37 Å². The Morgan fingerprint density at radius 2 is 2.33 bits per heavy atom. The molecule has 0 radical (unpaired) electrons. The Morgan fingerprint density at radius 3 is 2.94 bits per heavy atom. The fourth-order valence-electron chi connectivity index (χ4n) is 1.52. The third-order valence-electron chi connectivity index (χ3n) is 2.45. The lowest BCUT2D eigenvalue weighted by Gasteiger charge is -2.11. The van der Waals surface area contributed by atoms with Crippen LogP contribution in [0.4, 0.5) is 10.1 Å². The molecule has 0 spiro atoms. The average Bonchev–Trinajstić information content (AvgIpc) is 2.89. The molecule has 96 valence electrons. The molecule has 2 aromatic rings. The largest absolute Gasteiger partial charge is 0.390 e. The number of anilines is 1. The molecule has 0 saturated carbocycles. The maximum Gasteiger partial charge on any atom is 0.149 e. The van der Waals surface area contributed by atoms with Gasteiger partial charge in [-0.2, -0.15) is 0 Å². The molecule has 0 aliphatic carbocycles. The van der Waals surface area contributed by atoms with Gasteiger partial charge in [0.15, 0.2) is 0 Å². The summed E-state index contributed by atoms with van der Waals surface area (Å²) in [6.45, 7) is 0.285. The second kappa shape index (κ2) is 5.84. The summed E-state index contributed by atoms with van der Waals surface area (Å²) in [4.78, 5) is 3.87. The van der Waals surface area contributed by atoms with Crippen molar-refractivity contribution >= 4 is 17.3 Å². The number of hydrogen-bond donors (Lipinski definition) is 2. The third kappa shape index (κ3) is 3.00. The molecular formula is C12H13ClFN3O. The number of alkyl halides is 1. The molecule has 2 rings (SSSR count). The minimum atomic E-state index is -0.650. The van der Waals surface area contributed by atoms with Crippen LogP contribution in [0, 0.1) is 5.82 Å². The van der Waals surface area contributed by atoms with Crippen LogP contribution in [0.3, 0.4) is 0 Å². The highest BCUT2D eigenvalue weighted by Crippen LogP contribution is 2.18. The molecule has 0 aliphatic heterocycles. The Labute approximate surface area is 109 Å². The molecule has 0 amide bonds. The van der Waals surface area contributed by atoms with Crippen LogP contribution in [0.1, 0.15) is 0 Å². The summed E-state index contributed by atoms with van der Waals surface area (Å²) >= 11 is 5.47. The van der Waals surface area contributed by atoms with Gasteiger partial charge in [0, 0.05) is 24.6 Å². The first-order valence-electron chi connectivity index (χ1n) is 5.46. The summed E-state index contributed by atoms with van der Waals surface area (Å²) in [7, 11) is 0. The monoisotopic (exact) mass is 269 g/mol. The summed E-state index contributed by atoms with van der Waals surface area (Å²) in [6, 6.07) is 4.75. The number of aliphatic hydroxyl groups is 1. The van der Waals surface area contributed by atoms with Crippen molar-refractivity contribution in [3.05, 3.63) is 42.7 Å². The number of hydrogen-bond acceptors (Lipinski definition) is 3. The molecule has 0 saturated heterocycles. The average molecular weight is 270 g/mol. The molecule has 6 heteroatoms. The zero-order chi connectivity index (χ0) is 13.0. The molecule has 0 fully saturated rings. The van der Waals surface area contributed by atoms with Crippen molar-refractivity contribution in [1.82, 2.24) is 9.55 Å². The van der Waals surface area contributed by atoms with Crippen LogP contribution >= 0.6 is 11.6 Å². The minimum Gasteiger partial charge on any atom is -0.390 e. The van der Waals surface area contributed by atoms with E-state index in [4.69, 9.17) is 11.6 Å². The van der Waals surface area contributed by atoms with E-state index in [0.29, 0.717) is 11.4 Å². The van der Waals surface area contributed by atoms with Crippen molar-refractivity contribution in [2.24, 2.45) is 0 Å². The molecule has 1 unspecified atom stereocenters. The molecule has 1 atom stereocenters. The molecule has 0 bridgehead atoms. The fourth-order valence-corrected chi connectivity index (χ4v) is 1.63. The molecule has 2 N–H and O–H groups in total. The highest BCUT2D eigenvalue weighted by Gasteiger charge is 2.06. The predicted molar refractivity (Wildman–Crippen MR) is 68.7 cm³/mol. The normalized spacial score (nSPS) is 12.4. The summed E-state index contributed by atoms with van der Waals surface area (Å²) in [6.07, 6.45) is 4.14. The fraction of sp³-hybridized carbons (Fsp3) is 0.250. The summed E-state index contributed by atoms with van der Waals surface area (Å²) in [5.41, 5.74) is 1.02. The van der Waals surface area contributed by atoms with Crippen LogP contribution in [0.5, 0.6) is 0 Å². The standard InChI is InChI=1S/C12H13ClFN3O/c13-6-10(18)7-16-9-1-2-12(11(14)5-9)17-4-3-15-8-17/h1-5,8,10,16,18H,6-7H2. The number of benzene rings is 1. The molecule has 1 aromatic carbocycles. The number of aliphatic hydroxyl groups excluding tert-OH is 1. The highest BCUT2D eigenvalue weighted by molar-refractivity contribution is 6.18. The van der Waals surface area contributed by atoms with E-state index in [1.807, 2.05) is 0 Å². The molecule has 1 heterocycles. The SMILES string of the molecule is OC(CCl)CNc1ccc(-n2ccnc2)c(F)c1. The van der Waals surface area contributed by atoms with E-state index in [9.17, 15) is 9.50 Å². The van der Waals surface area contributed by atoms with Crippen molar-refractivity contribution in [1.29, 1.82) is 0 Å². The maximum atomic E-state index is 13.8. The summed E-state index contributed by atoms with van der Waals surface area (Å²) in [5, 5.41) is 12.2. The Bertz CT molecular complexity index is 504. The smallest absolute Gasteiger partial charge is 0.149 e. The predicted octanol–water partition coefficient (Wildman–Crippen LogP) is 2.02. The molecule has 0 aliphatic rings. The first-order chi connectivity index (χ1) is 8.70. The zero-order valence-corrected chi connectivity index (χ0v) is 10.3. The first-order valence-corrected chi connectivity index (χ1v) is 6.00. The molecule has 4 nitrogen and oxygen atoms in total. The minimum absolute atomic E-state index is 0.141. The van der Waals surface area contributed by atoms with Crippen LogP contribution in [-0.2, 0) is 0 Å². The topological polar surface area (TPSA) is 50.1 Å². The van der Waals surface area contributed by atoms with Gasteiger partial charge < -0.3 is 15.0 Å². The Morgan fingerprint density at radius 1 is 1.50 bits per heavy atom. The Kier molecular flexibility index (Phi) is 4.17. The van der Waals surface area contributed by atoms with Crippen molar-refractivity contribution in [2.75, 3.05) is 17.7 Å². The lowest BCUT2D eigenvalue weighted by molar-refractivity contribution is 0.211. The van der Waals surface area contributed by atoms with E-state index in [1.54, 1.807) is 29.1 Å². The van der Waals surface area contributed by atoms with Crippen molar-refractivity contribution in [3.63, 3.8) is 0 Å². The molecule has 18 heavy (non-hydrogen) atoms.